The van der Waals surface area contributed by atoms with Crippen LogP contribution >= 0.6 is 11.6 Å². The second-order valence-electron chi connectivity index (χ2n) is 7.13. The molecule has 3 aromatic rings. The third-order valence-electron chi connectivity index (χ3n) is 5.60. The zero-order valence-corrected chi connectivity index (χ0v) is 16.3. The minimum absolute atomic E-state index is 0.0532. The summed E-state index contributed by atoms with van der Waals surface area (Å²) in [5, 5.41) is 3.49. The van der Waals surface area contributed by atoms with Crippen molar-refractivity contribution in [2.24, 2.45) is 0 Å². The fourth-order valence-electron chi connectivity index (χ4n) is 4.47. The molecule has 1 atom stereocenters. The van der Waals surface area contributed by atoms with Crippen molar-refractivity contribution in [2.75, 3.05) is 18.4 Å². The van der Waals surface area contributed by atoms with Gasteiger partial charge in [0.2, 0.25) is 0 Å². The number of halogens is 1. The van der Waals surface area contributed by atoms with Gasteiger partial charge < -0.3 is 10.2 Å². The van der Waals surface area contributed by atoms with Crippen LogP contribution in [-0.2, 0) is 5.66 Å². The molecule has 1 saturated heterocycles. The Labute approximate surface area is 173 Å². The van der Waals surface area contributed by atoms with E-state index in [9.17, 15) is 9.59 Å². The van der Waals surface area contributed by atoms with Gasteiger partial charge in [0, 0.05) is 40.5 Å². The molecule has 0 saturated carbocycles. The van der Waals surface area contributed by atoms with Crippen LogP contribution in [0.2, 0.25) is 5.02 Å². The zero-order chi connectivity index (χ0) is 20.0. The van der Waals surface area contributed by atoms with E-state index in [1.54, 1.807) is 34.1 Å². The fraction of sp³-hybridized carbons (Fsp3) is 0.130. The van der Waals surface area contributed by atoms with Crippen LogP contribution in [0.4, 0.5) is 10.5 Å². The molecule has 0 spiro atoms. The molecule has 2 aliphatic heterocycles. The van der Waals surface area contributed by atoms with Gasteiger partial charge in [-0.25, -0.2) is 4.79 Å². The van der Waals surface area contributed by atoms with Gasteiger partial charge in [-0.15, -0.1) is 0 Å². The molecule has 0 aliphatic carbocycles. The first-order valence-corrected chi connectivity index (χ1v) is 9.81. The largest absolute Gasteiger partial charge is 0.324 e. The number of anilines is 1. The molecule has 0 unspecified atom stereocenters. The number of amides is 3. The van der Waals surface area contributed by atoms with Gasteiger partial charge in [0.15, 0.2) is 5.66 Å². The van der Waals surface area contributed by atoms with Crippen LogP contribution in [0.1, 0.15) is 21.5 Å². The number of urea groups is 1. The Kier molecular flexibility index (Phi) is 4.07. The highest BCUT2D eigenvalue weighted by molar-refractivity contribution is 6.30. The van der Waals surface area contributed by atoms with Crippen LogP contribution in [0.3, 0.4) is 0 Å². The van der Waals surface area contributed by atoms with Crippen LogP contribution in [-0.4, -0.2) is 34.8 Å². The molecule has 1 N–H and O–H groups in total. The van der Waals surface area contributed by atoms with E-state index in [0.717, 1.165) is 11.1 Å². The monoisotopic (exact) mass is 403 g/mol. The third kappa shape index (κ3) is 2.54. The van der Waals surface area contributed by atoms with Crippen LogP contribution in [0, 0.1) is 0 Å². The summed E-state index contributed by atoms with van der Waals surface area (Å²) in [6.45, 7) is 0.896. The van der Waals surface area contributed by atoms with Gasteiger partial charge in [-0.3, -0.25) is 9.69 Å². The van der Waals surface area contributed by atoms with Gasteiger partial charge in [-0.05, 0) is 24.3 Å². The van der Waals surface area contributed by atoms with Crippen molar-refractivity contribution in [1.29, 1.82) is 0 Å². The van der Waals surface area contributed by atoms with Crippen LogP contribution in [0.5, 0.6) is 0 Å². The topological polar surface area (TPSA) is 52.7 Å². The minimum atomic E-state index is -0.961. The number of hydrogen-bond donors (Lipinski definition) is 1. The average Bonchev–Trinajstić information content (AvgIpc) is 3.25. The predicted molar refractivity (Wildman–Crippen MR) is 112 cm³/mol. The summed E-state index contributed by atoms with van der Waals surface area (Å²) in [5.41, 5.74) is 2.00. The van der Waals surface area contributed by atoms with Gasteiger partial charge in [-0.2, -0.15) is 0 Å². The Balaban J connectivity index is 1.65. The lowest BCUT2D eigenvalue weighted by Gasteiger charge is -2.40. The standard InChI is InChI=1S/C23H18ClN3O2/c24-17-9-6-10-18(15-17)25-22(29)27-14-13-26-21(28)19-11-4-5-12-20(19)23(26,27)16-7-2-1-3-8-16/h1-12,15H,13-14H2,(H,25,29)/t23-/m0/s1. The first kappa shape index (κ1) is 17.8. The Bertz CT molecular complexity index is 1120. The predicted octanol–water partition coefficient (Wildman–Crippen LogP) is 4.54. The van der Waals surface area contributed by atoms with Crippen LogP contribution < -0.4 is 5.32 Å². The summed E-state index contributed by atoms with van der Waals surface area (Å²) in [6.07, 6.45) is 0. The SMILES string of the molecule is O=C(Nc1cccc(Cl)c1)N1CCN2C(=O)c3ccccc3[C@]12c1ccccc1. The van der Waals surface area contributed by atoms with Crippen molar-refractivity contribution >= 4 is 29.2 Å². The number of rotatable bonds is 2. The molecular weight excluding hydrogens is 386 g/mol. The van der Waals surface area contributed by atoms with Crippen molar-refractivity contribution in [2.45, 2.75) is 5.66 Å². The summed E-state index contributed by atoms with van der Waals surface area (Å²) in [6, 6.07) is 24.0. The van der Waals surface area contributed by atoms with E-state index in [1.807, 2.05) is 54.6 Å². The summed E-state index contributed by atoms with van der Waals surface area (Å²) in [5.74, 6) is -0.0532. The molecule has 0 bridgehead atoms. The van der Waals surface area contributed by atoms with E-state index < -0.39 is 5.66 Å². The molecule has 6 heteroatoms. The van der Waals surface area contributed by atoms with Crippen molar-refractivity contribution < 1.29 is 9.59 Å². The molecule has 3 amide bonds. The van der Waals surface area contributed by atoms with E-state index in [0.29, 0.717) is 29.4 Å². The molecule has 5 rings (SSSR count). The maximum absolute atomic E-state index is 13.4. The van der Waals surface area contributed by atoms with E-state index in [4.69, 9.17) is 11.6 Å². The quantitative estimate of drug-likeness (QED) is 0.682. The lowest BCUT2D eigenvalue weighted by Crippen LogP contribution is -2.52. The van der Waals surface area contributed by atoms with Gasteiger partial charge in [0.1, 0.15) is 0 Å². The molecule has 2 heterocycles. The number of benzene rings is 3. The minimum Gasteiger partial charge on any atom is -0.308 e. The number of hydrogen-bond acceptors (Lipinski definition) is 2. The number of carbonyl (C=O) groups excluding carboxylic acids is 2. The highest BCUT2D eigenvalue weighted by Crippen LogP contribution is 2.49. The highest BCUT2D eigenvalue weighted by Gasteiger charge is 2.59. The Morgan fingerprint density at radius 2 is 1.69 bits per heavy atom. The molecule has 29 heavy (non-hydrogen) atoms. The first-order chi connectivity index (χ1) is 14.1. The second-order valence-corrected chi connectivity index (χ2v) is 7.57. The summed E-state index contributed by atoms with van der Waals surface area (Å²) < 4.78 is 0. The van der Waals surface area contributed by atoms with Crippen molar-refractivity contribution in [3.8, 4) is 0 Å². The molecule has 2 aliphatic rings. The molecule has 1 fully saturated rings. The number of fused-ring (bicyclic) bond motifs is 3. The Morgan fingerprint density at radius 1 is 0.931 bits per heavy atom. The number of nitrogens with one attached hydrogen (secondary N) is 1. The highest BCUT2D eigenvalue weighted by atomic mass is 35.5. The maximum Gasteiger partial charge on any atom is 0.324 e. The Hall–Kier alpha value is -3.31. The van der Waals surface area contributed by atoms with Gasteiger partial charge >= 0.3 is 6.03 Å². The van der Waals surface area contributed by atoms with E-state index in [-0.39, 0.29) is 11.9 Å². The number of nitrogens with zero attached hydrogens (tertiary/aromatic N) is 2. The van der Waals surface area contributed by atoms with Crippen LogP contribution in [0.25, 0.3) is 0 Å². The first-order valence-electron chi connectivity index (χ1n) is 9.43. The maximum atomic E-state index is 13.4. The third-order valence-corrected chi connectivity index (χ3v) is 5.84. The van der Waals surface area contributed by atoms with Gasteiger partial charge in [-0.1, -0.05) is 66.2 Å². The van der Waals surface area contributed by atoms with E-state index in [2.05, 4.69) is 5.32 Å². The van der Waals surface area contributed by atoms with Gasteiger partial charge in [0.05, 0.1) is 0 Å². The van der Waals surface area contributed by atoms with Crippen molar-refractivity contribution in [3.63, 3.8) is 0 Å². The summed E-state index contributed by atoms with van der Waals surface area (Å²) >= 11 is 6.07. The van der Waals surface area contributed by atoms with Crippen molar-refractivity contribution in [1.82, 2.24) is 9.80 Å². The summed E-state index contributed by atoms with van der Waals surface area (Å²) in [7, 11) is 0. The molecule has 0 aromatic heterocycles. The average molecular weight is 404 g/mol. The molecular formula is C23H18ClN3O2. The molecule has 3 aromatic carbocycles. The second kappa shape index (κ2) is 6.64. The van der Waals surface area contributed by atoms with Crippen LogP contribution in [0.15, 0.2) is 78.9 Å². The number of carbonyl (C=O) groups is 2. The molecule has 0 radical (unpaired) electrons. The molecule has 144 valence electrons. The van der Waals surface area contributed by atoms with Gasteiger partial charge in [0.25, 0.3) is 5.91 Å². The lowest BCUT2D eigenvalue weighted by atomic mass is 9.90. The van der Waals surface area contributed by atoms with E-state index in [1.165, 1.54) is 0 Å². The zero-order valence-electron chi connectivity index (χ0n) is 15.5. The lowest BCUT2D eigenvalue weighted by molar-refractivity contribution is 0.0560. The summed E-state index contributed by atoms with van der Waals surface area (Å²) in [4.78, 5) is 30.1. The van der Waals surface area contributed by atoms with E-state index >= 15 is 0 Å². The smallest absolute Gasteiger partial charge is 0.308 e. The fourth-order valence-corrected chi connectivity index (χ4v) is 4.66. The normalized spacial score (nSPS) is 19.8. The molecule has 5 nitrogen and oxygen atoms in total. The van der Waals surface area contributed by atoms with Crippen molar-refractivity contribution in [3.05, 3.63) is 101 Å². The Morgan fingerprint density at radius 3 is 2.48 bits per heavy atom.